The second kappa shape index (κ2) is 8.49. The van der Waals surface area contributed by atoms with Crippen LogP contribution < -0.4 is 10.3 Å². The highest BCUT2D eigenvalue weighted by Gasteiger charge is 2.17. The van der Waals surface area contributed by atoms with E-state index in [0.29, 0.717) is 17.0 Å². The van der Waals surface area contributed by atoms with Gasteiger partial charge in [-0.05, 0) is 30.7 Å². The number of carbonyl (C=O) groups excluding carboxylic acids is 1. The van der Waals surface area contributed by atoms with Gasteiger partial charge in [-0.2, -0.15) is 5.26 Å². The molecular weight excluding hydrogens is 332 g/mol. The van der Waals surface area contributed by atoms with Crippen LogP contribution in [0.1, 0.15) is 21.6 Å². The molecule has 1 aromatic carbocycles. The number of nitrogens with zero attached hydrogens (tertiary/aromatic N) is 2. The maximum atomic E-state index is 12.5. The van der Waals surface area contributed by atoms with Crippen LogP contribution in [0, 0.1) is 18.3 Å². The SMILES string of the molecule is C=CCn1c(C)cc(O)c(C(=O)C=Cc2cccc(OCC#N)c2)c1=O. The molecule has 0 aliphatic rings. The highest BCUT2D eigenvalue weighted by Crippen LogP contribution is 2.18. The highest BCUT2D eigenvalue weighted by molar-refractivity contribution is 6.08. The topological polar surface area (TPSA) is 92.3 Å². The van der Waals surface area contributed by atoms with E-state index in [0.717, 1.165) is 0 Å². The van der Waals surface area contributed by atoms with Crippen molar-refractivity contribution in [2.24, 2.45) is 0 Å². The van der Waals surface area contributed by atoms with E-state index in [1.165, 1.54) is 22.8 Å². The maximum absolute atomic E-state index is 12.5. The molecule has 1 aromatic heterocycles. The fourth-order valence-corrected chi connectivity index (χ4v) is 2.42. The van der Waals surface area contributed by atoms with E-state index in [4.69, 9.17) is 10.00 Å². The van der Waals surface area contributed by atoms with E-state index < -0.39 is 11.3 Å². The summed E-state index contributed by atoms with van der Waals surface area (Å²) < 4.78 is 6.56. The van der Waals surface area contributed by atoms with Crippen LogP contribution in [-0.4, -0.2) is 22.1 Å². The number of pyridine rings is 1. The van der Waals surface area contributed by atoms with Gasteiger partial charge < -0.3 is 14.4 Å². The lowest BCUT2D eigenvalue weighted by Gasteiger charge is -2.10. The quantitative estimate of drug-likeness (QED) is 0.471. The lowest BCUT2D eigenvalue weighted by Crippen LogP contribution is -2.27. The van der Waals surface area contributed by atoms with Crippen molar-refractivity contribution in [1.82, 2.24) is 4.57 Å². The Kier molecular flexibility index (Phi) is 6.12. The Balaban J connectivity index is 2.32. The van der Waals surface area contributed by atoms with Crippen molar-refractivity contribution in [2.45, 2.75) is 13.5 Å². The molecular formula is C20H18N2O4. The minimum atomic E-state index is -0.603. The Morgan fingerprint density at radius 2 is 2.19 bits per heavy atom. The van der Waals surface area contributed by atoms with Gasteiger partial charge in [-0.1, -0.05) is 24.3 Å². The second-order valence-electron chi connectivity index (χ2n) is 5.47. The van der Waals surface area contributed by atoms with E-state index >= 15 is 0 Å². The Hall–Kier alpha value is -3.59. The molecule has 6 nitrogen and oxygen atoms in total. The Morgan fingerprint density at radius 3 is 2.88 bits per heavy atom. The van der Waals surface area contributed by atoms with Gasteiger partial charge in [0.2, 0.25) is 0 Å². The smallest absolute Gasteiger partial charge is 0.266 e. The fraction of sp³-hybridized carbons (Fsp3) is 0.150. The van der Waals surface area contributed by atoms with Gasteiger partial charge in [-0.25, -0.2) is 0 Å². The summed E-state index contributed by atoms with van der Waals surface area (Å²) in [5.41, 5.74) is 0.343. The van der Waals surface area contributed by atoms with Gasteiger partial charge in [0.1, 0.15) is 23.1 Å². The molecule has 0 aliphatic heterocycles. The van der Waals surface area contributed by atoms with E-state index in [-0.39, 0.29) is 24.5 Å². The molecule has 0 aliphatic carbocycles. The van der Waals surface area contributed by atoms with Crippen LogP contribution in [0.5, 0.6) is 11.5 Å². The van der Waals surface area contributed by atoms with Crippen molar-refractivity contribution < 1.29 is 14.6 Å². The Labute approximate surface area is 150 Å². The molecule has 1 heterocycles. The zero-order valence-corrected chi connectivity index (χ0v) is 14.3. The van der Waals surface area contributed by atoms with Crippen LogP contribution in [0.4, 0.5) is 0 Å². The number of nitriles is 1. The summed E-state index contributed by atoms with van der Waals surface area (Å²) in [5.74, 6) is -0.463. The first-order valence-electron chi connectivity index (χ1n) is 7.84. The van der Waals surface area contributed by atoms with Crippen molar-refractivity contribution >= 4 is 11.9 Å². The molecule has 0 unspecified atom stereocenters. The summed E-state index contributed by atoms with van der Waals surface area (Å²) in [7, 11) is 0. The number of aryl methyl sites for hydroxylation is 1. The number of hydrogen-bond donors (Lipinski definition) is 1. The van der Waals surface area contributed by atoms with Crippen LogP contribution in [0.3, 0.4) is 0 Å². The van der Waals surface area contributed by atoms with Crippen LogP contribution in [0.15, 0.2) is 53.9 Å². The lowest BCUT2D eigenvalue weighted by molar-refractivity contribution is 0.104. The molecule has 1 N–H and O–H groups in total. The van der Waals surface area contributed by atoms with Crippen LogP contribution >= 0.6 is 0 Å². The number of ketones is 1. The summed E-state index contributed by atoms with van der Waals surface area (Å²) in [6.45, 7) is 5.42. The van der Waals surface area contributed by atoms with Crippen molar-refractivity contribution in [3.63, 3.8) is 0 Å². The Bertz CT molecular complexity index is 965. The number of hydrogen-bond acceptors (Lipinski definition) is 5. The summed E-state index contributed by atoms with van der Waals surface area (Å²) in [6, 6.07) is 10.1. The van der Waals surface area contributed by atoms with Gasteiger partial charge in [-0.3, -0.25) is 9.59 Å². The van der Waals surface area contributed by atoms with Gasteiger partial charge in [0.25, 0.3) is 5.56 Å². The number of aromatic nitrogens is 1. The summed E-state index contributed by atoms with van der Waals surface area (Å²) >= 11 is 0. The molecule has 132 valence electrons. The molecule has 0 fully saturated rings. The molecule has 6 heteroatoms. The standard InChI is InChI=1S/C20H18N2O4/c1-3-10-22-14(2)12-18(24)19(20(22)25)17(23)8-7-15-5-4-6-16(13-15)26-11-9-21/h3-8,12-13,24H,1,10-11H2,2H3. The molecule has 2 rings (SSSR count). The predicted octanol–water partition coefficient (Wildman–Crippen LogP) is 2.85. The zero-order chi connectivity index (χ0) is 19.1. The highest BCUT2D eigenvalue weighted by atomic mass is 16.5. The van der Waals surface area contributed by atoms with Gasteiger partial charge in [-0.15, -0.1) is 6.58 Å². The molecule has 0 saturated carbocycles. The molecule has 0 bridgehead atoms. The van der Waals surface area contributed by atoms with Crippen molar-refractivity contribution in [2.75, 3.05) is 6.61 Å². The van der Waals surface area contributed by atoms with E-state index in [2.05, 4.69) is 6.58 Å². The first kappa shape index (κ1) is 18.7. The zero-order valence-electron chi connectivity index (χ0n) is 14.3. The van der Waals surface area contributed by atoms with Crippen molar-refractivity contribution in [1.29, 1.82) is 5.26 Å². The summed E-state index contributed by atoms with van der Waals surface area (Å²) in [5, 5.41) is 18.6. The first-order valence-corrected chi connectivity index (χ1v) is 7.84. The van der Waals surface area contributed by atoms with Crippen LogP contribution in [0.25, 0.3) is 6.08 Å². The van der Waals surface area contributed by atoms with Gasteiger partial charge in [0, 0.05) is 18.3 Å². The van der Waals surface area contributed by atoms with Crippen molar-refractivity contribution in [3.05, 3.63) is 76.2 Å². The number of rotatable bonds is 7. The molecule has 2 aromatic rings. The third-order valence-corrected chi connectivity index (χ3v) is 3.63. The third-order valence-electron chi connectivity index (χ3n) is 3.63. The molecule has 0 atom stereocenters. The van der Waals surface area contributed by atoms with Crippen LogP contribution in [0.2, 0.25) is 0 Å². The van der Waals surface area contributed by atoms with Crippen molar-refractivity contribution in [3.8, 4) is 17.6 Å². The average molecular weight is 350 g/mol. The number of aromatic hydroxyl groups is 1. The summed E-state index contributed by atoms with van der Waals surface area (Å²) in [6.07, 6.45) is 4.27. The van der Waals surface area contributed by atoms with Crippen LogP contribution in [-0.2, 0) is 6.54 Å². The Morgan fingerprint density at radius 1 is 1.42 bits per heavy atom. The number of ether oxygens (including phenoxy) is 1. The third kappa shape index (κ3) is 4.28. The van der Waals surface area contributed by atoms with E-state index in [9.17, 15) is 14.7 Å². The summed E-state index contributed by atoms with van der Waals surface area (Å²) in [4.78, 5) is 24.9. The lowest BCUT2D eigenvalue weighted by atomic mass is 10.1. The largest absolute Gasteiger partial charge is 0.507 e. The molecule has 0 amide bonds. The van der Waals surface area contributed by atoms with E-state index in [1.807, 2.05) is 6.07 Å². The van der Waals surface area contributed by atoms with E-state index in [1.54, 1.807) is 37.3 Å². The maximum Gasteiger partial charge on any atom is 0.266 e. The monoisotopic (exact) mass is 350 g/mol. The molecule has 26 heavy (non-hydrogen) atoms. The fourth-order valence-electron chi connectivity index (χ4n) is 2.42. The van der Waals surface area contributed by atoms with Gasteiger partial charge in [0.15, 0.2) is 12.4 Å². The van der Waals surface area contributed by atoms with Gasteiger partial charge >= 0.3 is 0 Å². The molecule has 0 radical (unpaired) electrons. The molecule has 0 spiro atoms. The number of allylic oxidation sites excluding steroid dienone is 2. The number of benzene rings is 1. The molecule has 0 saturated heterocycles. The minimum absolute atomic E-state index is 0.0772. The minimum Gasteiger partial charge on any atom is -0.507 e. The average Bonchev–Trinajstić information content (AvgIpc) is 2.62. The number of carbonyl (C=O) groups is 1. The van der Waals surface area contributed by atoms with Gasteiger partial charge in [0.05, 0.1) is 0 Å². The normalized spacial score (nSPS) is 10.5. The predicted molar refractivity (Wildman–Crippen MR) is 98.2 cm³/mol. The second-order valence-corrected chi connectivity index (χ2v) is 5.47. The first-order chi connectivity index (χ1) is 12.5.